The van der Waals surface area contributed by atoms with Gasteiger partial charge in [-0.2, -0.15) is 0 Å². The molecule has 0 saturated heterocycles. The summed E-state index contributed by atoms with van der Waals surface area (Å²) in [6.45, 7) is 1.65. The highest BCUT2D eigenvalue weighted by molar-refractivity contribution is 7.90. The first kappa shape index (κ1) is 19.1. The molecule has 0 fully saturated rings. The van der Waals surface area contributed by atoms with Crippen LogP contribution in [0, 0.1) is 0 Å². The first-order chi connectivity index (χ1) is 12.9. The third kappa shape index (κ3) is 4.35. The smallest absolute Gasteiger partial charge is 0.265 e. The molecule has 7 heteroatoms. The number of benzene rings is 2. The number of carbonyl (C=O) groups is 1. The summed E-state index contributed by atoms with van der Waals surface area (Å²) in [6, 6.07) is 17.6. The molecule has 0 saturated carbocycles. The Morgan fingerprint density at radius 1 is 1.04 bits per heavy atom. The Kier molecular flexibility index (Phi) is 5.58. The number of nitrogens with one attached hydrogen (secondary N) is 1. The number of pyridine rings is 1. The molecule has 3 rings (SSSR count). The van der Waals surface area contributed by atoms with Crippen LogP contribution in [0.15, 0.2) is 78.0 Å². The van der Waals surface area contributed by atoms with Crippen LogP contribution in [-0.2, 0) is 14.8 Å². The number of rotatable bonds is 5. The third-order valence-corrected chi connectivity index (χ3v) is 5.83. The molecule has 1 amide bonds. The number of aromatic nitrogens is 1. The summed E-state index contributed by atoms with van der Waals surface area (Å²) in [5, 5.41) is 0.638. The predicted molar refractivity (Wildman–Crippen MR) is 105 cm³/mol. The maximum Gasteiger partial charge on any atom is 0.265 e. The van der Waals surface area contributed by atoms with Crippen molar-refractivity contribution in [3.63, 3.8) is 0 Å². The molecule has 1 N–H and O–H groups in total. The van der Waals surface area contributed by atoms with Gasteiger partial charge < -0.3 is 0 Å². The van der Waals surface area contributed by atoms with Crippen molar-refractivity contribution < 1.29 is 13.2 Å². The molecule has 1 atom stereocenters. The van der Waals surface area contributed by atoms with Gasteiger partial charge in [-0.1, -0.05) is 54.1 Å². The molecular formula is C20H17ClN2O3S. The molecule has 27 heavy (non-hydrogen) atoms. The van der Waals surface area contributed by atoms with E-state index in [-0.39, 0.29) is 4.90 Å². The predicted octanol–water partition coefficient (Wildman–Crippen LogP) is 4.01. The zero-order valence-corrected chi connectivity index (χ0v) is 16.0. The van der Waals surface area contributed by atoms with Crippen molar-refractivity contribution in [3.05, 3.63) is 83.6 Å². The second-order valence-corrected chi connectivity index (χ2v) is 8.07. The fraction of sp³-hybridized carbons (Fsp3) is 0.100. The van der Waals surface area contributed by atoms with Gasteiger partial charge in [-0.25, -0.2) is 13.1 Å². The van der Waals surface area contributed by atoms with Crippen molar-refractivity contribution in [2.24, 2.45) is 0 Å². The average molecular weight is 401 g/mol. The Morgan fingerprint density at radius 3 is 2.37 bits per heavy atom. The number of amides is 1. The lowest BCUT2D eigenvalue weighted by molar-refractivity contribution is -0.120. The number of carbonyl (C=O) groups excluding carboxylic acids is 1. The molecule has 5 nitrogen and oxygen atoms in total. The Balaban J connectivity index is 1.77. The largest absolute Gasteiger partial charge is 0.273 e. The lowest BCUT2D eigenvalue weighted by atomic mass is 9.97. The third-order valence-electron chi connectivity index (χ3n) is 4.17. The van der Waals surface area contributed by atoms with Gasteiger partial charge in [-0.15, -0.1) is 0 Å². The molecule has 3 aromatic rings. The van der Waals surface area contributed by atoms with Crippen LogP contribution in [0.2, 0.25) is 5.02 Å². The van der Waals surface area contributed by atoms with E-state index in [4.69, 9.17) is 11.6 Å². The van der Waals surface area contributed by atoms with Crippen LogP contribution in [0.3, 0.4) is 0 Å². The van der Waals surface area contributed by atoms with E-state index in [0.717, 1.165) is 11.1 Å². The van der Waals surface area contributed by atoms with Crippen molar-refractivity contribution in [2.75, 3.05) is 0 Å². The van der Waals surface area contributed by atoms with E-state index in [9.17, 15) is 13.2 Å². The summed E-state index contributed by atoms with van der Waals surface area (Å²) in [5.74, 6) is -1.25. The molecule has 0 radical (unpaired) electrons. The normalized spacial score (nSPS) is 12.4. The Labute approximate surface area is 163 Å². The zero-order valence-electron chi connectivity index (χ0n) is 14.5. The lowest BCUT2D eigenvalue weighted by Gasteiger charge is -2.14. The molecule has 0 bridgehead atoms. The van der Waals surface area contributed by atoms with E-state index in [1.165, 1.54) is 24.5 Å². The van der Waals surface area contributed by atoms with Gasteiger partial charge >= 0.3 is 0 Å². The van der Waals surface area contributed by atoms with Gasteiger partial charge in [0.25, 0.3) is 10.0 Å². The van der Waals surface area contributed by atoms with Crippen LogP contribution < -0.4 is 4.72 Å². The van der Waals surface area contributed by atoms with E-state index in [1.807, 2.05) is 36.4 Å². The second kappa shape index (κ2) is 7.90. The topological polar surface area (TPSA) is 76.1 Å². The highest BCUT2D eigenvalue weighted by Gasteiger charge is 2.23. The maximum absolute atomic E-state index is 12.4. The molecule has 0 aliphatic carbocycles. The fourth-order valence-corrected chi connectivity index (χ4v) is 3.85. The quantitative estimate of drug-likeness (QED) is 0.702. The Hall–Kier alpha value is -2.70. The van der Waals surface area contributed by atoms with Gasteiger partial charge in [-0.3, -0.25) is 9.78 Å². The van der Waals surface area contributed by atoms with Crippen molar-refractivity contribution in [3.8, 4) is 11.1 Å². The molecule has 1 heterocycles. The van der Waals surface area contributed by atoms with Crippen LogP contribution in [0.5, 0.6) is 0 Å². The average Bonchev–Trinajstić information content (AvgIpc) is 2.68. The number of nitrogens with zero attached hydrogens (tertiary/aromatic N) is 1. The van der Waals surface area contributed by atoms with Gasteiger partial charge in [0.05, 0.1) is 5.92 Å². The standard InChI is InChI=1S/C20H17ClN2O3S/c1-14(20(24)23-27(25,26)17-5-4-12-22-13-17)15-8-10-16(11-9-15)18-6-2-3-7-19(18)21/h2-14H,1H3,(H,23,24). The summed E-state index contributed by atoms with van der Waals surface area (Å²) < 4.78 is 26.6. The van der Waals surface area contributed by atoms with Gasteiger partial charge in [0.2, 0.25) is 5.91 Å². The van der Waals surface area contributed by atoms with E-state index in [0.29, 0.717) is 10.6 Å². The zero-order chi connectivity index (χ0) is 19.4. The van der Waals surface area contributed by atoms with E-state index in [1.54, 1.807) is 19.1 Å². The minimum Gasteiger partial charge on any atom is -0.273 e. The molecule has 2 aromatic carbocycles. The molecule has 1 unspecified atom stereocenters. The minimum absolute atomic E-state index is 0.0559. The molecular weight excluding hydrogens is 384 g/mol. The summed E-state index contributed by atoms with van der Waals surface area (Å²) >= 11 is 6.21. The van der Waals surface area contributed by atoms with Crippen LogP contribution >= 0.6 is 11.6 Å². The first-order valence-electron chi connectivity index (χ1n) is 8.20. The lowest BCUT2D eigenvalue weighted by Crippen LogP contribution is -2.33. The number of hydrogen-bond donors (Lipinski definition) is 1. The van der Waals surface area contributed by atoms with Crippen molar-refractivity contribution in [1.29, 1.82) is 0 Å². The van der Waals surface area contributed by atoms with Gasteiger partial charge in [0, 0.05) is 23.0 Å². The second-order valence-electron chi connectivity index (χ2n) is 5.98. The van der Waals surface area contributed by atoms with Gasteiger partial charge in [0.15, 0.2) is 0 Å². The maximum atomic E-state index is 12.4. The summed E-state index contributed by atoms with van der Waals surface area (Å²) in [7, 11) is -3.95. The van der Waals surface area contributed by atoms with Crippen molar-refractivity contribution in [2.45, 2.75) is 17.7 Å². The number of hydrogen-bond acceptors (Lipinski definition) is 4. The highest BCUT2D eigenvalue weighted by atomic mass is 35.5. The van der Waals surface area contributed by atoms with Crippen molar-refractivity contribution >= 4 is 27.5 Å². The van der Waals surface area contributed by atoms with Crippen LogP contribution in [0.4, 0.5) is 0 Å². The van der Waals surface area contributed by atoms with E-state index < -0.39 is 21.8 Å². The molecule has 0 spiro atoms. The SMILES string of the molecule is CC(C(=O)NS(=O)(=O)c1cccnc1)c1ccc(-c2ccccc2Cl)cc1. The Bertz CT molecular complexity index is 1050. The molecule has 0 aliphatic rings. The first-order valence-corrected chi connectivity index (χ1v) is 10.1. The van der Waals surface area contributed by atoms with Crippen LogP contribution in [0.1, 0.15) is 18.4 Å². The van der Waals surface area contributed by atoms with Crippen LogP contribution in [-0.4, -0.2) is 19.3 Å². The highest BCUT2D eigenvalue weighted by Crippen LogP contribution is 2.28. The van der Waals surface area contributed by atoms with E-state index >= 15 is 0 Å². The molecule has 1 aromatic heterocycles. The molecule has 0 aliphatic heterocycles. The van der Waals surface area contributed by atoms with Crippen LogP contribution in [0.25, 0.3) is 11.1 Å². The summed E-state index contributed by atoms with van der Waals surface area (Å²) in [6.07, 6.45) is 2.66. The summed E-state index contributed by atoms with van der Waals surface area (Å²) in [4.78, 5) is 16.1. The minimum atomic E-state index is -3.95. The van der Waals surface area contributed by atoms with Crippen molar-refractivity contribution in [1.82, 2.24) is 9.71 Å². The molecule has 138 valence electrons. The van der Waals surface area contributed by atoms with Gasteiger partial charge in [0.1, 0.15) is 4.90 Å². The monoisotopic (exact) mass is 400 g/mol. The van der Waals surface area contributed by atoms with Gasteiger partial charge in [-0.05, 0) is 36.2 Å². The fourth-order valence-electron chi connectivity index (χ4n) is 2.58. The number of halogens is 1. The summed E-state index contributed by atoms with van der Waals surface area (Å²) in [5.41, 5.74) is 2.51. The number of sulfonamides is 1. The Morgan fingerprint density at radius 2 is 1.74 bits per heavy atom. The van der Waals surface area contributed by atoms with E-state index in [2.05, 4.69) is 9.71 Å².